The molecule has 0 atom stereocenters. The molecule has 4 aromatic rings. The fourth-order valence-corrected chi connectivity index (χ4v) is 5.74. The zero-order valence-corrected chi connectivity index (χ0v) is 20.1. The first-order chi connectivity index (χ1) is 17.2. The van der Waals surface area contributed by atoms with Gasteiger partial charge in [0.15, 0.2) is 0 Å². The van der Waals surface area contributed by atoms with Crippen LogP contribution in [-0.4, -0.2) is 22.6 Å². The number of thiophene rings is 1. The van der Waals surface area contributed by atoms with E-state index in [1.165, 1.54) is 35.1 Å². The molecule has 10 heteroatoms. The lowest BCUT2D eigenvalue weighted by atomic mass is 9.97. The number of amides is 1. The molecule has 1 amide bonds. The lowest BCUT2D eigenvalue weighted by Gasteiger charge is -2.15. The van der Waals surface area contributed by atoms with E-state index in [-0.39, 0.29) is 11.2 Å². The number of aryl methyl sites for hydroxylation is 2. The summed E-state index contributed by atoms with van der Waals surface area (Å²) in [6.45, 7) is -0.408. The summed E-state index contributed by atoms with van der Waals surface area (Å²) in [5, 5.41) is 3.01. The Morgan fingerprint density at radius 1 is 1.14 bits per heavy atom. The van der Waals surface area contributed by atoms with E-state index in [4.69, 9.17) is 9.72 Å². The van der Waals surface area contributed by atoms with Crippen LogP contribution in [0, 0.1) is 0 Å². The summed E-state index contributed by atoms with van der Waals surface area (Å²) in [5.74, 6) is 0.224. The van der Waals surface area contributed by atoms with Crippen LogP contribution < -0.4 is 15.6 Å². The number of nitrogens with zero attached hydrogens (tertiary/aromatic N) is 2. The Morgan fingerprint density at radius 3 is 2.69 bits per heavy atom. The van der Waals surface area contributed by atoms with Crippen molar-refractivity contribution in [1.29, 1.82) is 0 Å². The van der Waals surface area contributed by atoms with Gasteiger partial charge in [0.1, 0.15) is 22.9 Å². The van der Waals surface area contributed by atoms with Gasteiger partial charge in [-0.05, 0) is 61.6 Å². The quantitative estimate of drug-likeness (QED) is 0.373. The van der Waals surface area contributed by atoms with Crippen LogP contribution in [0.15, 0.2) is 53.3 Å². The summed E-state index contributed by atoms with van der Waals surface area (Å²) in [7, 11) is 1.53. The SMILES string of the molecule is COc1cccc(-c2nc3sc4c(c3c(=O)n2CC(=O)Nc2cccc(C(F)(F)F)c2)CCCC4)c1. The van der Waals surface area contributed by atoms with Gasteiger partial charge in [0, 0.05) is 16.1 Å². The largest absolute Gasteiger partial charge is 0.497 e. The molecule has 1 N–H and O–H groups in total. The van der Waals surface area contributed by atoms with Gasteiger partial charge in [0.05, 0.1) is 18.1 Å². The number of hydrogen-bond acceptors (Lipinski definition) is 5. The van der Waals surface area contributed by atoms with Gasteiger partial charge in [-0.15, -0.1) is 11.3 Å². The van der Waals surface area contributed by atoms with Gasteiger partial charge >= 0.3 is 6.18 Å². The van der Waals surface area contributed by atoms with E-state index in [1.807, 2.05) is 0 Å². The predicted octanol–water partition coefficient (Wildman–Crippen LogP) is 5.67. The van der Waals surface area contributed by atoms with E-state index in [2.05, 4.69) is 5.32 Å². The molecule has 2 heterocycles. The van der Waals surface area contributed by atoms with Crippen LogP contribution in [-0.2, 0) is 30.4 Å². The van der Waals surface area contributed by atoms with Gasteiger partial charge in [-0.1, -0.05) is 18.2 Å². The first kappa shape index (κ1) is 24.1. The molecule has 0 unspecified atom stereocenters. The first-order valence-corrected chi connectivity index (χ1v) is 12.2. The van der Waals surface area contributed by atoms with Gasteiger partial charge < -0.3 is 10.1 Å². The molecule has 1 aliphatic rings. The normalized spacial score (nSPS) is 13.4. The molecular formula is C26H22F3N3O3S. The third kappa shape index (κ3) is 4.60. The Bertz CT molecular complexity index is 1520. The molecule has 36 heavy (non-hydrogen) atoms. The van der Waals surface area contributed by atoms with E-state index in [9.17, 15) is 22.8 Å². The molecule has 0 saturated carbocycles. The van der Waals surface area contributed by atoms with E-state index >= 15 is 0 Å². The molecule has 0 bridgehead atoms. The van der Waals surface area contributed by atoms with Crippen LogP contribution >= 0.6 is 11.3 Å². The van der Waals surface area contributed by atoms with Crippen LogP contribution in [0.3, 0.4) is 0 Å². The van der Waals surface area contributed by atoms with Crippen molar-refractivity contribution in [3.05, 3.63) is 74.9 Å². The molecule has 1 aliphatic carbocycles. The Morgan fingerprint density at radius 2 is 1.92 bits per heavy atom. The van der Waals surface area contributed by atoms with Crippen molar-refractivity contribution in [3.8, 4) is 17.1 Å². The van der Waals surface area contributed by atoms with Gasteiger partial charge in [-0.3, -0.25) is 14.2 Å². The number of rotatable bonds is 5. The Kier molecular flexibility index (Phi) is 6.29. The minimum atomic E-state index is -4.54. The second-order valence-electron chi connectivity index (χ2n) is 8.58. The average Bonchev–Trinajstić information content (AvgIpc) is 3.24. The van der Waals surface area contributed by atoms with Crippen LogP contribution in [0.2, 0.25) is 0 Å². The maximum atomic E-state index is 13.8. The number of methoxy groups -OCH3 is 1. The lowest BCUT2D eigenvalue weighted by molar-refractivity contribution is -0.137. The molecule has 2 aromatic heterocycles. The molecule has 0 saturated heterocycles. The minimum absolute atomic E-state index is 0.00671. The number of carbonyl (C=O) groups is 1. The number of alkyl halides is 3. The fourth-order valence-electron chi connectivity index (χ4n) is 4.49. The highest BCUT2D eigenvalue weighted by molar-refractivity contribution is 7.18. The molecule has 6 nitrogen and oxygen atoms in total. The predicted molar refractivity (Wildman–Crippen MR) is 133 cm³/mol. The molecule has 186 valence electrons. The number of benzene rings is 2. The van der Waals surface area contributed by atoms with Crippen molar-refractivity contribution < 1.29 is 22.7 Å². The Hall–Kier alpha value is -3.66. The number of nitrogens with one attached hydrogen (secondary N) is 1. The number of carbonyl (C=O) groups excluding carboxylic acids is 1. The van der Waals surface area contributed by atoms with Crippen molar-refractivity contribution in [2.45, 2.75) is 38.4 Å². The Labute approximate surface area is 208 Å². The third-order valence-corrected chi connectivity index (χ3v) is 7.36. The summed E-state index contributed by atoms with van der Waals surface area (Å²) >= 11 is 1.50. The number of hydrogen-bond donors (Lipinski definition) is 1. The summed E-state index contributed by atoms with van der Waals surface area (Å²) in [6, 6.07) is 11.4. The molecule has 0 fully saturated rings. The Balaban J connectivity index is 1.58. The van der Waals surface area contributed by atoms with E-state index in [0.717, 1.165) is 48.3 Å². The number of ether oxygens (including phenoxy) is 1. The molecule has 0 spiro atoms. The van der Waals surface area contributed by atoms with E-state index in [1.54, 1.807) is 24.3 Å². The van der Waals surface area contributed by atoms with Crippen molar-refractivity contribution in [3.63, 3.8) is 0 Å². The number of halogens is 3. The monoisotopic (exact) mass is 513 g/mol. The maximum Gasteiger partial charge on any atom is 0.416 e. The van der Waals surface area contributed by atoms with Gasteiger partial charge in [0.25, 0.3) is 5.56 Å². The first-order valence-electron chi connectivity index (χ1n) is 11.4. The zero-order valence-electron chi connectivity index (χ0n) is 19.3. The highest BCUT2D eigenvalue weighted by atomic mass is 32.1. The van der Waals surface area contributed by atoms with Gasteiger partial charge in [-0.25, -0.2) is 4.98 Å². The lowest BCUT2D eigenvalue weighted by Crippen LogP contribution is -2.30. The van der Waals surface area contributed by atoms with Crippen LogP contribution in [0.4, 0.5) is 18.9 Å². The standard InChI is InChI=1S/C26H22F3N3O3S/c1-35-18-9-4-6-15(12-18)23-31-24-22(19-10-2-3-11-20(19)36-24)25(34)32(23)14-21(33)30-17-8-5-7-16(13-17)26(27,28)29/h4-9,12-13H,2-3,10-11,14H2,1H3,(H,30,33). The third-order valence-electron chi connectivity index (χ3n) is 6.18. The van der Waals surface area contributed by atoms with Crippen molar-refractivity contribution in [2.24, 2.45) is 0 Å². The smallest absolute Gasteiger partial charge is 0.416 e. The zero-order chi connectivity index (χ0) is 25.4. The van der Waals surface area contributed by atoms with Crippen molar-refractivity contribution in [2.75, 3.05) is 12.4 Å². The maximum absolute atomic E-state index is 13.8. The number of fused-ring (bicyclic) bond motifs is 3. The molecular weight excluding hydrogens is 491 g/mol. The summed E-state index contributed by atoms with van der Waals surface area (Å²) < 4.78 is 45.9. The topological polar surface area (TPSA) is 73.2 Å². The van der Waals surface area contributed by atoms with Gasteiger partial charge in [-0.2, -0.15) is 13.2 Å². The van der Waals surface area contributed by atoms with Crippen molar-refractivity contribution in [1.82, 2.24) is 9.55 Å². The fraction of sp³-hybridized carbons (Fsp3) is 0.269. The van der Waals surface area contributed by atoms with Crippen LogP contribution in [0.5, 0.6) is 5.75 Å². The summed E-state index contributed by atoms with van der Waals surface area (Å²) in [5.41, 5.74) is 0.362. The average molecular weight is 514 g/mol. The highest BCUT2D eigenvalue weighted by Gasteiger charge is 2.30. The number of aromatic nitrogens is 2. The van der Waals surface area contributed by atoms with Crippen LogP contribution in [0.25, 0.3) is 21.6 Å². The van der Waals surface area contributed by atoms with E-state index < -0.39 is 24.2 Å². The van der Waals surface area contributed by atoms with Crippen LogP contribution in [0.1, 0.15) is 28.8 Å². The second-order valence-corrected chi connectivity index (χ2v) is 9.66. The van der Waals surface area contributed by atoms with Crippen molar-refractivity contribution >= 4 is 33.1 Å². The summed E-state index contributed by atoms with van der Waals surface area (Å²) in [6.07, 6.45) is -0.839. The molecule has 2 aromatic carbocycles. The molecule has 0 radical (unpaired) electrons. The number of anilines is 1. The highest BCUT2D eigenvalue weighted by Crippen LogP contribution is 2.35. The summed E-state index contributed by atoms with van der Waals surface area (Å²) in [4.78, 5) is 33.3. The molecule has 0 aliphatic heterocycles. The van der Waals surface area contributed by atoms with E-state index in [0.29, 0.717) is 27.4 Å². The second kappa shape index (κ2) is 9.42. The minimum Gasteiger partial charge on any atom is -0.497 e. The molecule has 5 rings (SSSR count). The van der Waals surface area contributed by atoms with Gasteiger partial charge in [0.2, 0.25) is 5.91 Å².